The van der Waals surface area contributed by atoms with Gasteiger partial charge in [-0.25, -0.2) is 0 Å². The monoisotopic (exact) mass is 324 g/mol. The number of benzene rings is 2. The fourth-order valence-corrected chi connectivity index (χ4v) is 2.93. The van der Waals surface area contributed by atoms with Gasteiger partial charge < -0.3 is 14.5 Å². The van der Waals surface area contributed by atoms with Crippen molar-refractivity contribution in [2.45, 2.75) is 19.4 Å². The third-order valence-corrected chi connectivity index (χ3v) is 4.30. The number of hydrogen-bond donors (Lipinski definition) is 0. The van der Waals surface area contributed by atoms with Gasteiger partial charge in [-0.15, -0.1) is 0 Å². The normalized spacial score (nSPS) is 19.5. The second-order valence-electron chi connectivity index (χ2n) is 5.85. The van der Waals surface area contributed by atoms with Crippen LogP contribution in [0.3, 0.4) is 0 Å². The van der Waals surface area contributed by atoms with Crippen LogP contribution in [-0.4, -0.2) is 31.0 Å². The van der Waals surface area contributed by atoms with Gasteiger partial charge in [0.15, 0.2) is 0 Å². The average Bonchev–Trinajstić information content (AvgIpc) is 2.62. The van der Waals surface area contributed by atoms with Crippen LogP contribution in [0.2, 0.25) is 0 Å². The molecule has 1 aliphatic rings. The molecule has 0 N–H and O–H groups in total. The molecule has 0 saturated carbocycles. The minimum Gasteiger partial charge on any atom is -0.465 e. The molecule has 0 aliphatic carbocycles. The molecule has 2 amide bonds. The SMILES string of the molecule is CCN1C(=O)C(C)(C(=O)N(C)c2ccccc2)Oc2ccccc21. The highest BCUT2D eigenvalue weighted by atomic mass is 16.5. The first kappa shape index (κ1) is 16.1. The Morgan fingerprint density at radius 1 is 1.12 bits per heavy atom. The summed E-state index contributed by atoms with van der Waals surface area (Å²) in [5.41, 5.74) is -0.186. The predicted molar refractivity (Wildman–Crippen MR) is 93.4 cm³/mol. The zero-order valence-electron chi connectivity index (χ0n) is 14.0. The standard InChI is InChI=1S/C19H20N2O3/c1-4-21-15-12-8-9-13-16(15)24-19(2,18(21)23)17(22)20(3)14-10-6-5-7-11-14/h5-13H,4H2,1-3H3. The maximum Gasteiger partial charge on any atom is 0.280 e. The van der Waals surface area contributed by atoms with Crippen LogP contribution in [0.25, 0.3) is 0 Å². The van der Waals surface area contributed by atoms with Crippen molar-refractivity contribution >= 4 is 23.2 Å². The Balaban J connectivity index is 2.00. The highest BCUT2D eigenvalue weighted by Crippen LogP contribution is 2.38. The average molecular weight is 324 g/mol. The smallest absolute Gasteiger partial charge is 0.280 e. The van der Waals surface area contributed by atoms with Gasteiger partial charge in [0.25, 0.3) is 17.4 Å². The summed E-state index contributed by atoms with van der Waals surface area (Å²) in [5, 5.41) is 0. The van der Waals surface area contributed by atoms with Gasteiger partial charge >= 0.3 is 0 Å². The van der Waals surface area contributed by atoms with Gasteiger partial charge in [0.05, 0.1) is 5.69 Å². The summed E-state index contributed by atoms with van der Waals surface area (Å²) < 4.78 is 5.89. The molecule has 3 rings (SSSR count). The van der Waals surface area contributed by atoms with E-state index in [1.54, 1.807) is 18.0 Å². The number of amides is 2. The molecule has 0 saturated heterocycles. The van der Waals surface area contributed by atoms with Crippen molar-refractivity contribution < 1.29 is 14.3 Å². The predicted octanol–water partition coefficient (Wildman–Crippen LogP) is 2.85. The second kappa shape index (κ2) is 6.00. The number of fused-ring (bicyclic) bond motifs is 1. The summed E-state index contributed by atoms with van der Waals surface area (Å²) in [4.78, 5) is 29.1. The van der Waals surface area contributed by atoms with Crippen LogP contribution < -0.4 is 14.5 Å². The number of para-hydroxylation sites is 3. The lowest BCUT2D eigenvalue weighted by atomic mass is 9.99. The zero-order valence-corrected chi connectivity index (χ0v) is 14.0. The number of rotatable bonds is 3. The Kier molecular flexibility index (Phi) is 4.01. The van der Waals surface area contributed by atoms with E-state index in [0.29, 0.717) is 23.7 Å². The summed E-state index contributed by atoms with van der Waals surface area (Å²) >= 11 is 0. The molecule has 1 aliphatic heterocycles. The summed E-state index contributed by atoms with van der Waals surface area (Å²) in [5.74, 6) is -0.209. The molecular formula is C19H20N2O3. The van der Waals surface area contributed by atoms with E-state index in [0.717, 1.165) is 0 Å². The number of anilines is 2. The molecule has 124 valence electrons. The van der Waals surface area contributed by atoms with Gasteiger partial charge in [0.2, 0.25) is 0 Å². The first-order chi connectivity index (χ1) is 11.5. The number of likely N-dealkylation sites (N-methyl/N-ethyl adjacent to an activating group) is 2. The number of hydrogen-bond acceptors (Lipinski definition) is 3. The van der Waals surface area contributed by atoms with Gasteiger partial charge in [-0.3, -0.25) is 9.59 Å². The Morgan fingerprint density at radius 2 is 1.75 bits per heavy atom. The lowest BCUT2D eigenvalue weighted by Crippen LogP contribution is -2.62. The van der Waals surface area contributed by atoms with Crippen LogP contribution >= 0.6 is 0 Å². The number of carbonyl (C=O) groups excluding carboxylic acids is 2. The zero-order chi connectivity index (χ0) is 17.3. The Labute approximate surface area is 141 Å². The topological polar surface area (TPSA) is 49.9 Å². The maximum absolute atomic E-state index is 13.1. The van der Waals surface area contributed by atoms with Crippen LogP contribution in [0.5, 0.6) is 5.75 Å². The van der Waals surface area contributed by atoms with E-state index < -0.39 is 11.5 Å². The highest BCUT2D eigenvalue weighted by molar-refractivity contribution is 6.20. The van der Waals surface area contributed by atoms with Crippen LogP contribution in [0.4, 0.5) is 11.4 Å². The van der Waals surface area contributed by atoms with Crippen molar-refractivity contribution in [2.75, 3.05) is 23.4 Å². The van der Waals surface area contributed by atoms with E-state index in [-0.39, 0.29) is 5.91 Å². The van der Waals surface area contributed by atoms with Crippen LogP contribution in [-0.2, 0) is 9.59 Å². The molecule has 0 bridgehead atoms. The van der Waals surface area contributed by atoms with E-state index in [1.165, 1.54) is 11.8 Å². The molecule has 0 fully saturated rings. The Hall–Kier alpha value is -2.82. The van der Waals surface area contributed by atoms with Gasteiger partial charge in [0.1, 0.15) is 5.75 Å². The lowest BCUT2D eigenvalue weighted by Gasteiger charge is -2.40. The third kappa shape index (κ3) is 2.42. The van der Waals surface area contributed by atoms with Crippen molar-refractivity contribution in [3.63, 3.8) is 0 Å². The molecule has 5 heteroatoms. The van der Waals surface area contributed by atoms with Crippen molar-refractivity contribution in [1.29, 1.82) is 0 Å². The molecule has 0 radical (unpaired) electrons. The molecule has 1 heterocycles. The molecule has 2 aromatic carbocycles. The van der Waals surface area contributed by atoms with Crippen molar-refractivity contribution in [2.24, 2.45) is 0 Å². The van der Waals surface area contributed by atoms with Crippen molar-refractivity contribution in [1.82, 2.24) is 0 Å². The minimum absolute atomic E-state index is 0.350. The number of ether oxygens (including phenoxy) is 1. The molecule has 5 nitrogen and oxygen atoms in total. The highest BCUT2D eigenvalue weighted by Gasteiger charge is 2.51. The first-order valence-corrected chi connectivity index (χ1v) is 7.92. The van der Waals surface area contributed by atoms with Gasteiger partial charge in [-0.05, 0) is 38.1 Å². The van der Waals surface area contributed by atoms with Gasteiger partial charge in [0, 0.05) is 19.3 Å². The molecule has 2 aromatic rings. The minimum atomic E-state index is -1.59. The van der Waals surface area contributed by atoms with E-state index in [9.17, 15) is 9.59 Å². The lowest BCUT2D eigenvalue weighted by molar-refractivity contribution is -0.146. The number of nitrogens with zero attached hydrogens (tertiary/aromatic N) is 2. The van der Waals surface area contributed by atoms with E-state index in [1.807, 2.05) is 55.5 Å². The summed E-state index contributed by atoms with van der Waals surface area (Å²) in [7, 11) is 1.65. The fourth-order valence-electron chi connectivity index (χ4n) is 2.93. The largest absolute Gasteiger partial charge is 0.465 e. The second-order valence-corrected chi connectivity index (χ2v) is 5.85. The molecule has 0 spiro atoms. The van der Waals surface area contributed by atoms with Crippen molar-refractivity contribution in [3.05, 3.63) is 54.6 Å². The molecule has 0 aromatic heterocycles. The van der Waals surface area contributed by atoms with Crippen LogP contribution in [0, 0.1) is 0 Å². The molecule has 1 unspecified atom stereocenters. The Morgan fingerprint density at radius 3 is 2.42 bits per heavy atom. The van der Waals surface area contributed by atoms with Crippen LogP contribution in [0.15, 0.2) is 54.6 Å². The van der Waals surface area contributed by atoms with E-state index in [2.05, 4.69) is 0 Å². The third-order valence-electron chi connectivity index (χ3n) is 4.30. The maximum atomic E-state index is 13.1. The summed E-state index contributed by atoms with van der Waals surface area (Å²) in [6.07, 6.45) is 0. The molecule has 24 heavy (non-hydrogen) atoms. The van der Waals surface area contributed by atoms with Gasteiger partial charge in [-0.1, -0.05) is 30.3 Å². The van der Waals surface area contributed by atoms with E-state index >= 15 is 0 Å². The van der Waals surface area contributed by atoms with Crippen molar-refractivity contribution in [3.8, 4) is 5.75 Å². The quantitative estimate of drug-likeness (QED) is 0.816. The summed E-state index contributed by atoms with van der Waals surface area (Å²) in [6, 6.07) is 16.5. The van der Waals surface area contributed by atoms with E-state index in [4.69, 9.17) is 4.74 Å². The first-order valence-electron chi connectivity index (χ1n) is 7.92. The fraction of sp³-hybridized carbons (Fsp3) is 0.263. The Bertz CT molecular complexity index is 775. The summed E-state index contributed by atoms with van der Waals surface area (Å²) in [6.45, 7) is 3.89. The van der Waals surface area contributed by atoms with Crippen LogP contribution in [0.1, 0.15) is 13.8 Å². The number of carbonyl (C=O) groups is 2. The molecule has 1 atom stereocenters. The molecular weight excluding hydrogens is 304 g/mol. The van der Waals surface area contributed by atoms with Gasteiger partial charge in [-0.2, -0.15) is 0 Å².